The van der Waals surface area contributed by atoms with E-state index in [0.717, 1.165) is 16.3 Å². The van der Waals surface area contributed by atoms with Gasteiger partial charge in [-0.25, -0.2) is 14.6 Å². The van der Waals surface area contributed by atoms with E-state index in [-0.39, 0.29) is 31.0 Å². The molecule has 6 rings (SSSR count). The first kappa shape index (κ1) is 35.6. The van der Waals surface area contributed by atoms with Crippen molar-refractivity contribution in [1.82, 2.24) is 4.57 Å². The van der Waals surface area contributed by atoms with Crippen LogP contribution in [0.4, 0.5) is 0 Å². The SMILES string of the molecule is CCOC(=O)C1=C(C)N=c2s/c(=C/c3c(OCc4ccc(C#N)cc4)ccc4ccccc34)c(=O)n2[C@H]1c1ccc(OCC(=O)OC)c(OCC)c1. The van der Waals surface area contributed by atoms with Gasteiger partial charge in [-0.15, -0.1) is 0 Å². The van der Waals surface area contributed by atoms with Crippen LogP contribution in [0.25, 0.3) is 16.8 Å². The van der Waals surface area contributed by atoms with Crippen molar-refractivity contribution in [2.24, 2.45) is 4.99 Å². The maximum Gasteiger partial charge on any atom is 0.343 e. The zero-order valence-electron chi connectivity index (χ0n) is 29.0. The van der Waals surface area contributed by atoms with Crippen molar-refractivity contribution in [3.8, 4) is 23.3 Å². The molecule has 0 radical (unpaired) electrons. The van der Waals surface area contributed by atoms with Gasteiger partial charge >= 0.3 is 11.9 Å². The summed E-state index contributed by atoms with van der Waals surface area (Å²) >= 11 is 1.20. The minimum absolute atomic E-state index is 0.129. The number of allylic oxidation sites excluding steroid dienone is 1. The maximum atomic E-state index is 14.5. The van der Waals surface area contributed by atoms with Gasteiger partial charge in [0.15, 0.2) is 22.9 Å². The van der Waals surface area contributed by atoms with Crippen molar-refractivity contribution in [2.75, 3.05) is 26.9 Å². The first-order valence-corrected chi connectivity index (χ1v) is 17.4. The fraction of sp³-hybridized carbons (Fsp3) is 0.225. The number of fused-ring (bicyclic) bond motifs is 2. The Morgan fingerprint density at radius 1 is 0.942 bits per heavy atom. The third kappa shape index (κ3) is 7.31. The van der Waals surface area contributed by atoms with E-state index in [1.807, 2.05) is 55.5 Å². The van der Waals surface area contributed by atoms with E-state index in [4.69, 9.17) is 28.7 Å². The van der Waals surface area contributed by atoms with Crippen LogP contribution in [0.3, 0.4) is 0 Å². The number of aromatic nitrogens is 1. The molecule has 0 fully saturated rings. The van der Waals surface area contributed by atoms with E-state index in [9.17, 15) is 19.6 Å². The number of esters is 2. The summed E-state index contributed by atoms with van der Waals surface area (Å²) < 4.78 is 29.9. The normalized spacial score (nSPS) is 13.9. The highest BCUT2D eigenvalue weighted by Crippen LogP contribution is 2.37. The lowest BCUT2D eigenvalue weighted by Crippen LogP contribution is -2.40. The van der Waals surface area contributed by atoms with Gasteiger partial charge in [-0.2, -0.15) is 5.26 Å². The van der Waals surface area contributed by atoms with E-state index < -0.39 is 18.0 Å². The number of methoxy groups -OCH3 is 1. The standard InChI is InChI=1S/C40H35N3O8S/c1-5-48-33-19-28(16-18-32(33)51-23-35(44)47-4)37-36(39(46)49-6-2)24(3)42-40-43(37)38(45)34(52-40)20-30-29-10-8-7-9-27(29)15-17-31(30)50-22-26-13-11-25(21-41)12-14-26/h7-20,37H,5-6,22-23H2,1-4H3/b34-20+/t37-/m0/s1. The summed E-state index contributed by atoms with van der Waals surface area (Å²) in [5, 5.41) is 11.0. The Balaban J connectivity index is 1.49. The highest BCUT2D eigenvalue weighted by atomic mass is 32.1. The Kier molecular flexibility index (Phi) is 10.8. The van der Waals surface area contributed by atoms with E-state index in [1.54, 1.807) is 50.3 Å². The average molecular weight is 718 g/mol. The van der Waals surface area contributed by atoms with Crippen molar-refractivity contribution in [3.63, 3.8) is 0 Å². The van der Waals surface area contributed by atoms with Crippen LogP contribution in [-0.2, 0) is 25.7 Å². The monoisotopic (exact) mass is 717 g/mol. The van der Waals surface area contributed by atoms with Gasteiger partial charge in [-0.3, -0.25) is 9.36 Å². The van der Waals surface area contributed by atoms with Gasteiger partial charge in [0.05, 0.1) is 53.8 Å². The third-order valence-corrected chi connectivity index (χ3v) is 9.34. The summed E-state index contributed by atoms with van der Waals surface area (Å²) in [6.45, 7) is 5.58. The minimum Gasteiger partial charge on any atom is -0.490 e. The Morgan fingerprint density at radius 3 is 2.44 bits per heavy atom. The molecule has 2 heterocycles. The number of benzene rings is 4. The first-order valence-electron chi connectivity index (χ1n) is 16.6. The number of nitriles is 1. The fourth-order valence-electron chi connectivity index (χ4n) is 5.90. The number of nitrogens with zero attached hydrogens (tertiary/aromatic N) is 3. The van der Waals surface area contributed by atoms with Gasteiger partial charge in [-0.1, -0.05) is 59.9 Å². The molecule has 0 aliphatic carbocycles. The van der Waals surface area contributed by atoms with Crippen LogP contribution in [0.5, 0.6) is 17.2 Å². The van der Waals surface area contributed by atoms with Crippen LogP contribution in [0.15, 0.2) is 99.9 Å². The Morgan fingerprint density at radius 2 is 1.71 bits per heavy atom. The number of thiazole rings is 1. The summed E-state index contributed by atoms with van der Waals surface area (Å²) in [7, 11) is 1.27. The summed E-state index contributed by atoms with van der Waals surface area (Å²) in [6, 6.07) is 25.1. The van der Waals surface area contributed by atoms with E-state index in [0.29, 0.717) is 55.6 Å². The second-order valence-electron chi connectivity index (χ2n) is 11.6. The third-order valence-electron chi connectivity index (χ3n) is 8.36. The van der Waals surface area contributed by atoms with Crippen LogP contribution in [0.1, 0.15) is 49.1 Å². The lowest BCUT2D eigenvalue weighted by Gasteiger charge is -2.25. The van der Waals surface area contributed by atoms with Crippen molar-refractivity contribution < 1.29 is 33.3 Å². The molecule has 5 aromatic rings. The molecule has 11 nitrogen and oxygen atoms in total. The Hall–Kier alpha value is -6.19. The number of carbonyl (C=O) groups excluding carboxylic acids is 2. The van der Waals surface area contributed by atoms with Crippen LogP contribution in [0.2, 0.25) is 0 Å². The van der Waals surface area contributed by atoms with Gasteiger partial charge in [0.1, 0.15) is 12.4 Å². The van der Waals surface area contributed by atoms with Crippen molar-refractivity contribution in [1.29, 1.82) is 5.26 Å². The fourth-order valence-corrected chi connectivity index (χ4v) is 6.93. The summed E-state index contributed by atoms with van der Waals surface area (Å²) in [5.74, 6) is 0.0307. The molecule has 12 heteroatoms. The van der Waals surface area contributed by atoms with Crippen LogP contribution in [0, 0.1) is 11.3 Å². The molecule has 264 valence electrons. The molecule has 1 aliphatic heterocycles. The lowest BCUT2D eigenvalue weighted by molar-refractivity contribution is -0.143. The molecule has 0 spiro atoms. The molecular weight excluding hydrogens is 683 g/mol. The zero-order valence-corrected chi connectivity index (χ0v) is 29.8. The van der Waals surface area contributed by atoms with Gasteiger partial charge in [0.2, 0.25) is 0 Å². The largest absolute Gasteiger partial charge is 0.490 e. The predicted octanol–water partition coefficient (Wildman–Crippen LogP) is 5.35. The van der Waals surface area contributed by atoms with Crippen molar-refractivity contribution in [3.05, 3.63) is 132 Å². The topological polar surface area (TPSA) is 138 Å². The smallest absolute Gasteiger partial charge is 0.343 e. The molecule has 52 heavy (non-hydrogen) atoms. The van der Waals surface area contributed by atoms with Gasteiger partial charge in [0, 0.05) is 5.56 Å². The molecule has 0 unspecified atom stereocenters. The quantitative estimate of drug-likeness (QED) is 0.156. The molecule has 1 aliphatic rings. The van der Waals surface area contributed by atoms with Gasteiger partial charge < -0.3 is 23.7 Å². The molecule has 0 saturated heterocycles. The number of rotatable bonds is 12. The first-order chi connectivity index (χ1) is 25.3. The van der Waals surface area contributed by atoms with Gasteiger partial charge in [-0.05, 0) is 79.1 Å². The highest BCUT2D eigenvalue weighted by molar-refractivity contribution is 7.07. The summed E-state index contributed by atoms with van der Waals surface area (Å²) in [6.07, 6.45) is 1.80. The summed E-state index contributed by atoms with van der Waals surface area (Å²) in [5.41, 5.74) is 2.96. The molecule has 0 saturated carbocycles. The number of hydrogen-bond acceptors (Lipinski definition) is 11. The molecule has 1 aromatic heterocycles. The summed E-state index contributed by atoms with van der Waals surface area (Å²) in [4.78, 5) is 45.0. The van der Waals surface area contributed by atoms with Crippen LogP contribution < -0.4 is 29.1 Å². The van der Waals surface area contributed by atoms with Crippen LogP contribution >= 0.6 is 11.3 Å². The molecule has 0 amide bonds. The number of ether oxygens (including phenoxy) is 5. The van der Waals surface area contributed by atoms with E-state index in [1.165, 1.54) is 23.0 Å². The Bertz CT molecular complexity index is 2420. The van der Waals surface area contributed by atoms with Crippen molar-refractivity contribution in [2.45, 2.75) is 33.4 Å². The number of carbonyl (C=O) groups is 2. The van der Waals surface area contributed by atoms with E-state index >= 15 is 0 Å². The second kappa shape index (κ2) is 15.8. The zero-order chi connectivity index (χ0) is 36.8. The lowest BCUT2D eigenvalue weighted by atomic mass is 9.95. The molecule has 1 atom stereocenters. The molecular formula is C40H35N3O8S. The maximum absolute atomic E-state index is 14.5. The molecule has 0 N–H and O–H groups in total. The van der Waals surface area contributed by atoms with Crippen molar-refractivity contribution >= 4 is 40.1 Å². The Labute approximate surface area is 303 Å². The average Bonchev–Trinajstić information content (AvgIpc) is 3.46. The van der Waals surface area contributed by atoms with Gasteiger partial charge in [0.25, 0.3) is 5.56 Å². The highest BCUT2D eigenvalue weighted by Gasteiger charge is 2.34. The minimum atomic E-state index is -0.911. The van der Waals surface area contributed by atoms with E-state index in [2.05, 4.69) is 6.07 Å². The predicted molar refractivity (Wildman–Crippen MR) is 195 cm³/mol. The number of hydrogen-bond donors (Lipinski definition) is 0. The van der Waals surface area contributed by atoms with Crippen LogP contribution in [-0.4, -0.2) is 43.4 Å². The molecule has 0 bridgehead atoms. The molecule has 4 aromatic carbocycles. The second-order valence-corrected chi connectivity index (χ2v) is 12.6.